The molecule has 8 heteroatoms. The van der Waals surface area contributed by atoms with Gasteiger partial charge in [-0.05, 0) is 66.5 Å². The van der Waals surface area contributed by atoms with Gasteiger partial charge in [-0.3, -0.25) is 9.69 Å². The van der Waals surface area contributed by atoms with E-state index in [9.17, 15) is 9.59 Å². The number of halogens is 1. The van der Waals surface area contributed by atoms with Gasteiger partial charge in [0.15, 0.2) is 0 Å². The lowest BCUT2D eigenvalue weighted by atomic mass is 10.2. The maximum Gasteiger partial charge on any atom is 0.339 e. The zero-order chi connectivity index (χ0) is 21.7. The van der Waals surface area contributed by atoms with Crippen LogP contribution >= 0.6 is 15.9 Å². The summed E-state index contributed by atoms with van der Waals surface area (Å²) in [4.78, 5) is 33.2. The number of piperazine rings is 1. The zero-order valence-electron chi connectivity index (χ0n) is 17.5. The molecule has 0 radical (unpaired) electrons. The van der Waals surface area contributed by atoms with Gasteiger partial charge in [0, 0.05) is 36.8 Å². The first-order chi connectivity index (χ1) is 14.4. The van der Waals surface area contributed by atoms with Gasteiger partial charge in [0.2, 0.25) is 5.91 Å². The summed E-state index contributed by atoms with van der Waals surface area (Å²) in [6, 6.07) is 9.21. The Labute approximate surface area is 185 Å². The van der Waals surface area contributed by atoms with E-state index in [1.165, 1.54) is 0 Å². The highest BCUT2D eigenvalue weighted by Gasteiger charge is 2.26. The molecular formula is C22H27BrN4O3. The van der Waals surface area contributed by atoms with Gasteiger partial charge in [0.25, 0.3) is 0 Å². The highest BCUT2D eigenvalue weighted by Crippen LogP contribution is 2.24. The normalized spacial score (nSPS) is 15.5. The molecule has 3 rings (SSSR count). The van der Waals surface area contributed by atoms with Crippen LogP contribution in [-0.4, -0.2) is 60.6 Å². The van der Waals surface area contributed by atoms with Crippen LogP contribution < -0.4 is 10.2 Å². The van der Waals surface area contributed by atoms with Crippen molar-refractivity contribution < 1.29 is 14.3 Å². The Kier molecular flexibility index (Phi) is 7.44. The summed E-state index contributed by atoms with van der Waals surface area (Å²) in [7, 11) is 0. The molecule has 1 aliphatic rings. The molecule has 2 heterocycles. The van der Waals surface area contributed by atoms with Gasteiger partial charge in [0.1, 0.15) is 5.82 Å². The van der Waals surface area contributed by atoms with E-state index in [1.807, 2.05) is 38.1 Å². The summed E-state index contributed by atoms with van der Waals surface area (Å²) in [5.41, 5.74) is 2.36. The first kappa shape index (κ1) is 22.2. The molecule has 2 aromatic rings. The standard InChI is InChI=1S/C22H27BrN4O3/c1-4-30-22(29)17-6-8-20(24-14-17)27-11-9-26(10-12-27)16(3)21(28)25-19-7-5-15(2)13-18(19)23/h5-8,13-14,16H,4,9-12H2,1-3H3,(H,25,28)/t16-/m0/s1. The van der Waals surface area contributed by atoms with Crippen LogP contribution in [-0.2, 0) is 9.53 Å². The van der Waals surface area contributed by atoms with Crippen LogP contribution in [0.15, 0.2) is 41.0 Å². The maximum absolute atomic E-state index is 12.7. The third-order valence-electron chi connectivity index (χ3n) is 5.21. The van der Waals surface area contributed by atoms with Gasteiger partial charge in [-0.1, -0.05) is 6.07 Å². The van der Waals surface area contributed by atoms with Crippen molar-refractivity contribution in [3.8, 4) is 0 Å². The molecule has 1 aliphatic heterocycles. The first-order valence-electron chi connectivity index (χ1n) is 10.1. The summed E-state index contributed by atoms with van der Waals surface area (Å²) in [6.45, 7) is 9.09. The van der Waals surface area contributed by atoms with Gasteiger partial charge >= 0.3 is 5.97 Å². The highest BCUT2D eigenvalue weighted by atomic mass is 79.9. The van der Waals surface area contributed by atoms with E-state index >= 15 is 0 Å². The SMILES string of the molecule is CCOC(=O)c1ccc(N2CCN([C@@H](C)C(=O)Nc3ccc(C)cc3Br)CC2)nc1. The Morgan fingerprint density at radius 2 is 1.93 bits per heavy atom. The first-order valence-corrected chi connectivity index (χ1v) is 10.9. The van der Waals surface area contributed by atoms with E-state index in [1.54, 1.807) is 19.2 Å². The van der Waals surface area contributed by atoms with E-state index < -0.39 is 0 Å². The number of hydrogen-bond acceptors (Lipinski definition) is 6. The monoisotopic (exact) mass is 474 g/mol. The fourth-order valence-corrected chi connectivity index (χ4v) is 3.96. The van der Waals surface area contributed by atoms with E-state index in [0.29, 0.717) is 12.2 Å². The second kappa shape index (κ2) is 10.0. The van der Waals surface area contributed by atoms with Crippen LogP contribution in [0, 0.1) is 6.92 Å². The molecule has 1 aromatic heterocycles. The number of amides is 1. The van der Waals surface area contributed by atoms with E-state index in [-0.39, 0.29) is 17.9 Å². The van der Waals surface area contributed by atoms with Crippen molar-refractivity contribution in [3.63, 3.8) is 0 Å². The minimum Gasteiger partial charge on any atom is -0.462 e. The molecule has 1 N–H and O–H groups in total. The number of anilines is 2. The molecule has 0 unspecified atom stereocenters. The second-order valence-corrected chi connectivity index (χ2v) is 8.15. The van der Waals surface area contributed by atoms with Crippen LogP contribution in [0.25, 0.3) is 0 Å². The topological polar surface area (TPSA) is 74.8 Å². The number of carbonyl (C=O) groups is 2. The average molecular weight is 475 g/mol. The number of nitrogens with one attached hydrogen (secondary N) is 1. The molecular weight excluding hydrogens is 448 g/mol. The zero-order valence-corrected chi connectivity index (χ0v) is 19.1. The fourth-order valence-electron chi connectivity index (χ4n) is 3.37. The van der Waals surface area contributed by atoms with Gasteiger partial charge in [-0.15, -0.1) is 0 Å². The molecule has 0 saturated carbocycles. The number of esters is 1. The number of benzene rings is 1. The molecule has 1 saturated heterocycles. The minimum atomic E-state index is -0.360. The van der Waals surface area contributed by atoms with Crippen LogP contribution in [0.2, 0.25) is 0 Å². The molecule has 0 aliphatic carbocycles. The van der Waals surface area contributed by atoms with Crippen molar-refractivity contribution in [1.29, 1.82) is 0 Å². The third kappa shape index (κ3) is 5.37. The van der Waals surface area contributed by atoms with Crippen LogP contribution in [0.3, 0.4) is 0 Å². The summed E-state index contributed by atoms with van der Waals surface area (Å²) >= 11 is 3.51. The lowest BCUT2D eigenvalue weighted by molar-refractivity contribution is -0.120. The molecule has 30 heavy (non-hydrogen) atoms. The maximum atomic E-state index is 12.7. The minimum absolute atomic E-state index is 0.0232. The van der Waals surface area contributed by atoms with Crippen LogP contribution in [0.5, 0.6) is 0 Å². The van der Waals surface area contributed by atoms with Gasteiger partial charge in [0.05, 0.1) is 23.9 Å². The van der Waals surface area contributed by atoms with E-state index in [4.69, 9.17) is 4.74 Å². The smallest absolute Gasteiger partial charge is 0.339 e. The van der Waals surface area contributed by atoms with Gasteiger partial charge in [-0.2, -0.15) is 0 Å². The molecule has 160 valence electrons. The fraction of sp³-hybridized carbons (Fsp3) is 0.409. The Hall–Kier alpha value is -2.45. The molecule has 0 spiro atoms. The number of carbonyl (C=O) groups excluding carboxylic acids is 2. The van der Waals surface area contributed by atoms with Gasteiger partial charge in [-0.25, -0.2) is 9.78 Å². The second-order valence-electron chi connectivity index (χ2n) is 7.30. The Morgan fingerprint density at radius 1 is 1.20 bits per heavy atom. The molecule has 1 aromatic carbocycles. The number of rotatable bonds is 6. The summed E-state index contributed by atoms with van der Waals surface area (Å²) in [5, 5.41) is 3.01. The lowest BCUT2D eigenvalue weighted by Gasteiger charge is -2.38. The predicted molar refractivity (Wildman–Crippen MR) is 121 cm³/mol. The Balaban J connectivity index is 1.54. The quantitative estimate of drug-likeness (QED) is 0.645. The van der Waals surface area contributed by atoms with Crippen molar-refractivity contribution in [2.24, 2.45) is 0 Å². The van der Waals surface area contributed by atoms with E-state index in [0.717, 1.165) is 47.7 Å². The molecule has 1 fully saturated rings. The molecule has 7 nitrogen and oxygen atoms in total. The summed E-state index contributed by atoms with van der Waals surface area (Å²) in [5.74, 6) is 0.440. The van der Waals surface area contributed by atoms with Gasteiger partial charge < -0.3 is 15.0 Å². The Bertz CT molecular complexity index is 896. The van der Waals surface area contributed by atoms with Crippen molar-refractivity contribution >= 4 is 39.3 Å². The number of ether oxygens (including phenoxy) is 1. The summed E-state index contributed by atoms with van der Waals surface area (Å²) < 4.78 is 5.87. The van der Waals surface area contributed by atoms with Crippen LogP contribution in [0.1, 0.15) is 29.8 Å². The third-order valence-corrected chi connectivity index (χ3v) is 5.86. The molecule has 0 bridgehead atoms. The number of aromatic nitrogens is 1. The van der Waals surface area contributed by atoms with Crippen LogP contribution in [0.4, 0.5) is 11.5 Å². The number of hydrogen-bond donors (Lipinski definition) is 1. The van der Waals surface area contributed by atoms with E-state index in [2.05, 4.69) is 36.0 Å². The number of pyridine rings is 1. The largest absolute Gasteiger partial charge is 0.462 e. The lowest BCUT2D eigenvalue weighted by Crippen LogP contribution is -2.53. The molecule has 1 atom stereocenters. The average Bonchev–Trinajstić information content (AvgIpc) is 2.75. The number of aryl methyl sites for hydroxylation is 1. The van der Waals surface area contributed by atoms with Crippen molar-refractivity contribution in [2.45, 2.75) is 26.8 Å². The van der Waals surface area contributed by atoms with Crippen molar-refractivity contribution in [1.82, 2.24) is 9.88 Å². The Morgan fingerprint density at radius 3 is 2.53 bits per heavy atom. The molecule has 1 amide bonds. The summed E-state index contributed by atoms with van der Waals surface area (Å²) in [6.07, 6.45) is 1.55. The van der Waals surface area contributed by atoms with Crippen molar-refractivity contribution in [2.75, 3.05) is 43.0 Å². The van der Waals surface area contributed by atoms with Crippen molar-refractivity contribution in [3.05, 3.63) is 52.1 Å². The predicted octanol–water partition coefficient (Wildman–Crippen LogP) is 3.48. The highest BCUT2D eigenvalue weighted by molar-refractivity contribution is 9.10. The number of nitrogens with zero attached hydrogens (tertiary/aromatic N) is 3.